The summed E-state index contributed by atoms with van der Waals surface area (Å²) in [7, 11) is 0. The number of anilines is 1. The quantitative estimate of drug-likeness (QED) is 0.404. The van der Waals surface area contributed by atoms with Gasteiger partial charge in [0.2, 0.25) is 5.91 Å². The Morgan fingerprint density at radius 2 is 1.88 bits per heavy atom. The monoisotopic (exact) mass is 467 g/mol. The summed E-state index contributed by atoms with van der Waals surface area (Å²) in [6.45, 7) is 4.19. The van der Waals surface area contributed by atoms with Crippen molar-refractivity contribution in [2.45, 2.75) is 38.0 Å². The molecule has 10 heteroatoms. The molecule has 0 bridgehead atoms. The molecular weight excluding hydrogens is 434 g/mol. The lowest BCUT2D eigenvalue weighted by Crippen LogP contribution is -2.43. The van der Waals surface area contributed by atoms with Crippen molar-refractivity contribution >= 4 is 17.6 Å². The number of primary amides is 1. The van der Waals surface area contributed by atoms with Gasteiger partial charge in [0.05, 0.1) is 12.6 Å². The topological polar surface area (TPSA) is 137 Å². The fraction of sp³-hybridized carbons (Fsp3) is 0.500. The van der Waals surface area contributed by atoms with Gasteiger partial charge >= 0.3 is 0 Å². The molecule has 3 heterocycles. The van der Waals surface area contributed by atoms with Crippen LogP contribution >= 0.6 is 0 Å². The van der Waals surface area contributed by atoms with Gasteiger partial charge in [-0.15, -0.1) is 0 Å². The van der Waals surface area contributed by atoms with Crippen LogP contribution in [-0.2, 0) is 17.8 Å². The molecule has 2 amide bonds. The number of hydrogen-bond donors (Lipinski definition) is 4. The number of likely N-dealkylation sites (tertiary alicyclic amines) is 1. The molecule has 4 rings (SSSR count). The molecular formula is C24H33N7O3. The average molecular weight is 468 g/mol. The van der Waals surface area contributed by atoms with Crippen LogP contribution in [0.4, 0.5) is 5.82 Å². The molecule has 1 saturated heterocycles. The van der Waals surface area contributed by atoms with Crippen LogP contribution in [0.1, 0.15) is 34.5 Å². The summed E-state index contributed by atoms with van der Waals surface area (Å²) in [4.78, 5) is 36.2. The Bertz CT molecular complexity index is 994. The van der Waals surface area contributed by atoms with Gasteiger partial charge in [0.25, 0.3) is 5.91 Å². The molecule has 1 atom stereocenters. The lowest BCUT2D eigenvalue weighted by atomic mass is 10.00. The second-order valence-electron chi connectivity index (χ2n) is 9.07. The summed E-state index contributed by atoms with van der Waals surface area (Å²) in [5.41, 5.74) is 8.18. The van der Waals surface area contributed by atoms with E-state index < -0.39 is 6.10 Å². The van der Waals surface area contributed by atoms with Gasteiger partial charge in [0.15, 0.2) is 0 Å². The number of carbonyl (C=O) groups is 2. The van der Waals surface area contributed by atoms with Crippen LogP contribution in [0.2, 0.25) is 0 Å². The summed E-state index contributed by atoms with van der Waals surface area (Å²) in [5.74, 6) is -0.0740. The van der Waals surface area contributed by atoms with Crippen LogP contribution in [0.5, 0.6) is 0 Å². The van der Waals surface area contributed by atoms with Crippen molar-refractivity contribution in [2.24, 2.45) is 5.73 Å². The Morgan fingerprint density at radius 1 is 1.12 bits per heavy atom. The molecule has 2 aromatic rings. The summed E-state index contributed by atoms with van der Waals surface area (Å²) < 4.78 is 0. The van der Waals surface area contributed by atoms with Crippen LogP contribution in [0.3, 0.4) is 0 Å². The van der Waals surface area contributed by atoms with E-state index in [-0.39, 0.29) is 36.6 Å². The van der Waals surface area contributed by atoms with E-state index in [1.165, 1.54) is 17.5 Å². The van der Waals surface area contributed by atoms with Gasteiger partial charge in [0, 0.05) is 51.4 Å². The number of nitrogens with one attached hydrogen (secondary N) is 2. The molecule has 0 unspecified atom stereocenters. The van der Waals surface area contributed by atoms with Gasteiger partial charge in [-0.3, -0.25) is 19.4 Å². The predicted octanol–water partition coefficient (Wildman–Crippen LogP) is -0.0128. The van der Waals surface area contributed by atoms with Crippen LogP contribution in [0, 0.1) is 0 Å². The predicted molar refractivity (Wildman–Crippen MR) is 128 cm³/mol. The molecule has 0 radical (unpaired) electrons. The molecule has 2 aliphatic rings. The van der Waals surface area contributed by atoms with Crippen molar-refractivity contribution in [3.63, 3.8) is 0 Å². The molecule has 0 saturated carbocycles. The van der Waals surface area contributed by atoms with Gasteiger partial charge in [-0.05, 0) is 30.4 Å². The Kier molecular flexibility index (Phi) is 8.04. The van der Waals surface area contributed by atoms with Crippen LogP contribution < -0.4 is 16.4 Å². The lowest BCUT2D eigenvalue weighted by molar-refractivity contribution is -0.119. The van der Waals surface area contributed by atoms with Crippen molar-refractivity contribution in [2.75, 3.05) is 44.6 Å². The zero-order valence-corrected chi connectivity index (χ0v) is 19.3. The second-order valence-corrected chi connectivity index (χ2v) is 9.07. The Balaban J connectivity index is 1.21. The summed E-state index contributed by atoms with van der Waals surface area (Å²) >= 11 is 0. The zero-order valence-electron chi connectivity index (χ0n) is 19.3. The number of nitrogens with two attached hydrogens (primary N) is 1. The number of rotatable bonds is 9. The molecule has 1 fully saturated rings. The number of nitrogens with zero attached hydrogens (tertiary/aromatic N) is 4. The van der Waals surface area contributed by atoms with Gasteiger partial charge in [-0.25, -0.2) is 9.97 Å². The van der Waals surface area contributed by atoms with Gasteiger partial charge < -0.3 is 21.5 Å². The van der Waals surface area contributed by atoms with Gasteiger partial charge in [-0.1, -0.05) is 24.3 Å². The number of aromatic nitrogens is 2. The molecule has 10 nitrogen and oxygen atoms in total. The fourth-order valence-electron chi connectivity index (χ4n) is 4.60. The van der Waals surface area contributed by atoms with Crippen molar-refractivity contribution in [1.29, 1.82) is 0 Å². The first-order chi connectivity index (χ1) is 16.5. The van der Waals surface area contributed by atoms with E-state index in [9.17, 15) is 14.7 Å². The van der Waals surface area contributed by atoms with E-state index in [0.717, 1.165) is 45.4 Å². The Labute approximate surface area is 199 Å². The number of aliphatic hydroxyl groups excluding tert-OH is 1. The van der Waals surface area contributed by atoms with E-state index in [1.807, 2.05) is 11.0 Å². The second kappa shape index (κ2) is 11.4. The molecule has 34 heavy (non-hydrogen) atoms. The van der Waals surface area contributed by atoms with Crippen LogP contribution in [0.25, 0.3) is 0 Å². The normalized spacial score (nSPS) is 18.1. The number of hydrogen-bond acceptors (Lipinski definition) is 8. The third-order valence-electron chi connectivity index (χ3n) is 6.40. The summed E-state index contributed by atoms with van der Waals surface area (Å²) in [5, 5.41) is 16.6. The van der Waals surface area contributed by atoms with Gasteiger partial charge in [-0.2, -0.15) is 0 Å². The van der Waals surface area contributed by atoms with E-state index in [0.29, 0.717) is 12.4 Å². The molecule has 0 spiro atoms. The third-order valence-corrected chi connectivity index (χ3v) is 6.40. The van der Waals surface area contributed by atoms with Crippen molar-refractivity contribution < 1.29 is 14.7 Å². The van der Waals surface area contributed by atoms with E-state index >= 15 is 0 Å². The smallest absolute Gasteiger partial charge is 0.270 e. The summed E-state index contributed by atoms with van der Waals surface area (Å²) in [6.07, 6.45) is 3.37. The molecule has 2 aliphatic heterocycles. The standard InChI is InChI=1S/C24H33N7O3/c25-22(33)15-30-9-6-19(7-10-30)29-23-11-21(27-16-28-23)24(34)26-12-20(32)14-31-8-5-17-3-1-2-4-18(17)13-31/h1-4,11,16,19-20,32H,5-10,12-15H2,(H2,25,33)(H,26,34)(H,27,28,29)/t20-/m0/s1. The maximum atomic E-state index is 12.6. The first kappa shape index (κ1) is 24.1. The summed E-state index contributed by atoms with van der Waals surface area (Å²) in [6, 6.07) is 10.2. The Morgan fingerprint density at radius 3 is 2.65 bits per heavy atom. The zero-order chi connectivity index (χ0) is 23.9. The van der Waals surface area contributed by atoms with Crippen molar-refractivity contribution in [3.05, 3.63) is 53.5 Å². The number of amides is 2. The van der Waals surface area contributed by atoms with E-state index in [1.54, 1.807) is 6.07 Å². The molecule has 182 valence electrons. The molecule has 1 aromatic heterocycles. The number of β-amino-alcohol motifs (C(OH)–C–C–N with tert-alkyl or cyclic N) is 1. The first-order valence-corrected chi connectivity index (χ1v) is 11.8. The van der Waals surface area contributed by atoms with E-state index in [4.69, 9.17) is 5.73 Å². The third kappa shape index (κ3) is 6.72. The van der Waals surface area contributed by atoms with Crippen molar-refractivity contribution in [3.8, 4) is 0 Å². The van der Waals surface area contributed by atoms with Gasteiger partial charge in [0.1, 0.15) is 17.8 Å². The van der Waals surface area contributed by atoms with Crippen molar-refractivity contribution in [1.82, 2.24) is 25.1 Å². The van der Waals surface area contributed by atoms with E-state index in [2.05, 4.69) is 43.7 Å². The largest absolute Gasteiger partial charge is 0.390 e. The van der Waals surface area contributed by atoms with Crippen LogP contribution in [0.15, 0.2) is 36.7 Å². The highest BCUT2D eigenvalue weighted by Gasteiger charge is 2.22. The number of carbonyl (C=O) groups excluding carboxylic acids is 2. The Hall–Kier alpha value is -3.08. The highest BCUT2D eigenvalue weighted by molar-refractivity contribution is 5.92. The minimum atomic E-state index is -0.667. The number of piperidine rings is 1. The minimum absolute atomic E-state index is 0.155. The SMILES string of the molecule is NC(=O)CN1CCC(Nc2cc(C(=O)NC[C@H](O)CN3CCc4ccccc4C3)ncn2)CC1. The number of benzene rings is 1. The number of aliphatic hydroxyl groups is 1. The molecule has 5 N–H and O–H groups in total. The maximum Gasteiger partial charge on any atom is 0.270 e. The first-order valence-electron chi connectivity index (χ1n) is 11.8. The molecule has 1 aromatic carbocycles. The highest BCUT2D eigenvalue weighted by Crippen LogP contribution is 2.18. The fourth-order valence-corrected chi connectivity index (χ4v) is 4.60. The minimum Gasteiger partial charge on any atom is -0.390 e. The molecule has 0 aliphatic carbocycles. The average Bonchev–Trinajstić information content (AvgIpc) is 2.83. The van der Waals surface area contributed by atoms with Crippen LogP contribution in [-0.4, -0.2) is 88.1 Å². The lowest BCUT2D eigenvalue weighted by Gasteiger charge is -2.31. The highest BCUT2D eigenvalue weighted by atomic mass is 16.3. The maximum absolute atomic E-state index is 12.6. The number of fused-ring (bicyclic) bond motifs is 1.